The molecule has 1 radical (unpaired) electrons. The van der Waals surface area contributed by atoms with Crippen LogP contribution in [0.3, 0.4) is 0 Å². The summed E-state index contributed by atoms with van der Waals surface area (Å²) in [6, 6.07) is 43.5. The third kappa shape index (κ3) is 8.54. The van der Waals surface area contributed by atoms with Gasteiger partial charge in [-0.3, -0.25) is 7.05 Å². The van der Waals surface area contributed by atoms with Crippen molar-refractivity contribution in [3.8, 4) is 11.1 Å². The Labute approximate surface area is 311 Å². The van der Waals surface area contributed by atoms with Crippen molar-refractivity contribution in [2.24, 2.45) is 0 Å². The first kappa shape index (κ1) is 35.8. The van der Waals surface area contributed by atoms with E-state index in [2.05, 4.69) is 147 Å². The average Bonchev–Trinajstić information content (AvgIpc) is 3.17. The van der Waals surface area contributed by atoms with Crippen LogP contribution in [0.5, 0.6) is 0 Å². The minimum Gasteiger partial charge on any atom is -0.683 e. The number of anilines is 3. The Hall–Kier alpha value is -5.54. The monoisotopic (exact) mass is 826 g/mol. The quantitative estimate of drug-likeness (QED) is 0.145. The molecule has 0 spiro atoms. The van der Waals surface area contributed by atoms with E-state index in [-0.39, 0.29) is 32.2 Å². The molecule has 2 aliphatic heterocycles. The maximum absolute atomic E-state index is 4.55. The van der Waals surface area contributed by atoms with E-state index in [9.17, 15) is 0 Å². The van der Waals surface area contributed by atoms with Crippen LogP contribution >= 0.6 is 0 Å². The van der Waals surface area contributed by atoms with Crippen molar-refractivity contribution >= 4 is 29.2 Å². The molecule has 0 aliphatic carbocycles. The van der Waals surface area contributed by atoms with Crippen LogP contribution in [0.1, 0.15) is 39.9 Å². The molecule has 0 N–H and O–H groups in total. The van der Waals surface area contributed by atoms with Crippen LogP contribution in [0.25, 0.3) is 28.6 Å². The van der Waals surface area contributed by atoms with Crippen molar-refractivity contribution in [3.63, 3.8) is 0 Å². The molecule has 7 rings (SSSR count). The van der Waals surface area contributed by atoms with E-state index in [0.717, 1.165) is 50.4 Å². The van der Waals surface area contributed by atoms with Gasteiger partial charge in [0.25, 0.3) is 0 Å². The first-order valence-corrected chi connectivity index (χ1v) is 16.3. The molecule has 2 unspecified atom stereocenters. The van der Waals surface area contributed by atoms with Crippen LogP contribution in [0.4, 0.5) is 17.1 Å². The van der Waals surface area contributed by atoms with Crippen molar-refractivity contribution in [1.82, 2.24) is 4.90 Å². The van der Waals surface area contributed by atoms with E-state index in [0.29, 0.717) is 0 Å². The molecule has 0 amide bonds. The van der Waals surface area contributed by atoms with Gasteiger partial charge >= 0.3 is 0 Å². The van der Waals surface area contributed by atoms with E-state index < -0.39 is 0 Å². The minimum absolute atomic E-state index is 0. The van der Waals surface area contributed by atoms with E-state index >= 15 is 0 Å². The zero-order valence-corrected chi connectivity index (χ0v) is 30.3. The molecule has 0 saturated carbocycles. The Morgan fingerprint density at radius 3 is 1.86 bits per heavy atom. The number of hydrogen-bond acceptors (Lipinski definition) is 2. The van der Waals surface area contributed by atoms with Crippen LogP contribution in [0.2, 0.25) is 0 Å². The van der Waals surface area contributed by atoms with Crippen molar-refractivity contribution in [2.45, 2.75) is 12.1 Å². The Bertz CT molecular complexity index is 1950. The molecule has 0 saturated heterocycles. The SMILES string of the molecule is C=Cc1ccc(N(c2ccc(C=C)cc2)c2ccc(-c3cc[c-]c(C4C=CC=C[N-]4)c3)cc2)cc1.[CH2-]c1ccccc1C1C=CC=CN1[CH2-].[Ir]. The van der Waals surface area contributed by atoms with Gasteiger partial charge in [-0.2, -0.15) is 54.6 Å². The number of nitrogens with zero attached hydrogens (tertiary/aromatic N) is 3. The van der Waals surface area contributed by atoms with E-state index in [1.54, 1.807) is 0 Å². The van der Waals surface area contributed by atoms with Gasteiger partial charge in [0.05, 0.1) is 0 Å². The molecule has 2 heterocycles. The van der Waals surface area contributed by atoms with Gasteiger partial charge in [0.1, 0.15) is 0 Å². The Morgan fingerprint density at radius 1 is 0.700 bits per heavy atom. The van der Waals surface area contributed by atoms with Gasteiger partial charge in [-0.1, -0.05) is 104 Å². The molecule has 3 nitrogen and oxygen atoms in total. The van der Waals surface area contributed by atoms with Gasteiger partial charge < -0.3 is 15.1 Å². The fourth-order valence-electron chi connectivity index (χ4n) is 5.84. The Kier molecular flexibility index (Phi) is 12.3. The number of hydrogen-bond donors (Lipinski definition) is 0. The summed E-state index contributed by atoms with van der Waals surface area (Å²) in [7, 11) is 3.96. The van der Waals surface area contributed by atoms with Crippen LogP contribution in [-0.4, -0.2) is 4.90 Å². The summed E-state index contributed by atoms with van der Waals surface area (Å²) >= 11 is 0. The van der Waals surface area contributed by atoms with Crippen molar-refractivity contribution in [3.05, 3.63) is 230 Å². The molecule has 251 valence electrons. The topological polar surface area (TPSA) is 20.6 Å². The van der Waals surface area contributed by atoms with Gasteiger partial charge in [0.2, 0.25) is 0 Å². The second-order valence-electron chi connectivity index (χ2n) is 11.7. The molecule has 2 atom stereocenters. The first-order chi connectivity index (χ1) is 24.0. The molecular weight excluding hydrogens is 787 g/mol. The van der Waals surface area contributed by atoms with Crippen molar-refractivity contribution in [2.75, 3.05) is 4.90 Å². The first-order valence-electron chi connectivity index (χ1n) is 16.3. The van der Waals surface area contributed by atoms with Crippen molar-refractivity contribution < 1.29 is 20.1 Å². The van der Waals surface area contributed by atoms with E-state index in [4.69, 9.17) is 0 Å². The largest absolute Gasteiger partial charge is 0.683 e. The van der Waals surface area contributed by atoms with Crippen molar-refractivity contribution in [1.29, 1.82) is 0 Å². The molecule has 4 heteroatoms. The predicted molar refractivity (Wildman–Crippen MR) is 209 cm³/mol. The maximum atomic E-state index is 4.55. The number of allylic oxidation sites excluding steroid dienone is 4. The molecule has 0 bridgehead atoms. The summed E-state index contributed by atoms with van der Waals surface area (Å²) in [5, 5.41) is 4.55. The summed E-state index contributed by atoms with van der Waals surface area (Å²) < 4.78 is 0. The third-order valence-corrected chi connectivity index (χ3v) is 8.53. The third-order valence-electron chi connectivity index (χ3n) is 8.53. The molecule has 0 fully saturated rings. The summed E-state index contributed by atoms with van der Waals surface area (Å²) in [4.78, 5) is 4.19. The molecule has 5 aromatic carbocycles. The minimum atomic E-state index is 0. The van der Waals surface area contributed by atoms with Gasteiger partial charge in [0.15, 0.2) is 0 Å². The van der Waals surface area contributed by atoms with Crippen LogP contribution < -0.4 is 4.90 Å². The number of rotatable bonds is 8. The number of benzene rings is 5. The zero-order chi connectivity index (χ0) is 34.0. The molecule has 2 aliphatic rings. The molecular formula is C46H39IrN3-4. The van der Waals surface area contributed by atoms with Crippen LogP contribution in [0, 0.1) is 20.0 Å². The van der Waals surface area contributed by atoms with Gasteiger partial charge in [-0.05, 0) is 71.4 Å². The summed E-state index contributed by atoms with van der Waals surface area (Å²) in [5.41, 5.74) is 11.1. The Balaban J connectivity index is 0.000000271. The summed E-state index contributed by atoms with van der Waals surface area (Å²) in [6.45, 7) is 11.8. The zero-order valence-electron chi connectivity index (χ0n) is 27.9. The normalized spacial score (nSPS) is 15.6. The fraction of sp³-hybridized carbons (Fsp3) is 0.0435. The maximum Gasteiger partial charge on any atom is 0.0462 e. The van der Waals surface area contributed by atoms with E-state index in [1.165, 1.54) is 5.56 Å². The Morgan fingerprint density at radius 2 is 1.30 bits per heavy atom. The standard InChI is InChI=1S/C33H26N2.C13H13N.Ir/c1-3-25-11-17-30(18-12-25)35(31-19-13-26(4-2)14-20-31)32-21-15-27(16-22-32)28-8-7-9-29(24-28)33-10-5-6-23-34-33;1-11-7-3-4-8-12(11)13-9-5-6-10-14(13)2;/h3-8,10-24,33H,1-2H2;3-10,13H,1-2H2;/q2*-2;. The smallest absolute Gasteiger partial charge is 0.0462 e. The second kappa shape index (κ2) is 17.2. The van der Waals surface area contributed by atoms with Gasteiger partial charge in [0, 0.05) is 37.2 Å². The van der Waals surface area contributed by atoms with Gasteiger partial charge in [-0.15, -0.1) is 23.3 Å². The molecule has 0 aromatic heterocycles. The van der Waals surface area contributed by atoms with Crippen LogP contribution in [-0.2, 0) is 20.1 Å². The fourth-order valence-corrected chi connectivity index (χ4v) is 5.84. The second-order valence-corrected chi connectivity index (χ2v) is 11.7. The molecule has 5 aromatic rings. The van der Waals surface area contributed by atoms with Gasteiger partial charge in [-0.25, -0.2) is 0 Å². The summed E-state index contributed by atoms with van der Waals surface area (Å²) in [6.07, 6.45) is 19.7. The van der Waals surface area contributed by atoms with E-state index in [1.807, 2.05) is 78.0 Å². The summed E-state index contributed by atoms with van der Waals surface area (Å²) in [5.74, 6) is 0. The van der Waals surface area contributed by atoms with Crippen LogP contribution in [0.15, 0.2) is 177 Å². The predicted octanol–water partition coefficient (Wildman–Crippen LogP) is 12.5. The average molecular weight is 826 g/mol. The molecule has 50 heavy (non-hydrogen) atoms.